The number of nitrogens with one attached hydrogen (secondary N) is 1. The van der Waals surface area contributed by atoms with Crippen molar-refractivity contribution in [1.82, 2.24) is 10.3 Å². The maximum Gasteiger partial charge on any atom is 0.314 e. The second kappa shape index (κ2) is 7.33. The summed E-state index contributed by atoms with van der Waals surface area (Å²) >= 11 is 1.67. The molecule has 2 unspecified atom stereocenters. The Labute approximate surface area is 129 Å². The number of hydrogen-bond acceptors (Lipinski definition) is 5. The number of nitrogens with zero attached hydrogens (tertiary/aromatic N) is 1. The third-order valence-electron chi connectivity index (χ3n) is 3.33. The molecule has 1 N–H and O–H groups in total. The first-order chi connectivity index (χ1) is 10.1. The highest BCUT2D eigenvalue weighted by atomic mass is 32.1. The average Bonchev–Trinajstić information content (AvgIpc) is 2.94. The summed E-state index contributed by atoms with van der Waals surface area (Å²) in [6.07, 6.45) is 1.87. The van der Waals surface area contributed by atoms with Crippen LogP contribution in [-0.2, 0) is 9.53 Å². The number of carbonyl (C=O) groups is 1. The van der Waals surface area contributed by atoms with Gasteiger partial charge in [-0.05, 0) is 19.4 Å². The van der Waals surface area contributed by atoms with Crippen molar-refractivity contribution in [2.24, 2.45) is 0 Å². The van der Waals surface area contributed by atoms with Crippen molar-refractivity contribution in [3.8, 4) is 0 Å². The van der Waals surface area contributed by atoms with Crippen LogP contribution in [-0.4, -0.2) is 24.6 Å². The summed E-state index contributed by atoms with van der Waals surface area (Å²) in [6.45, 7) is 4.61. The van der Waals surface area contributed by atoms with Crippen molar-refractivity contribution >= 4 is 17.3 Å². The zero-order valence-corrected chi connectivity index (χ0v) is 13.3. The van der Waals surface area contributed by atoms with Gasteiger partial charge in [0.25, 0.3) is 0 Å². The summed E-state index contributed by atoms with van der Waals surface area (Å²) in [6, 6.07) is 9.80. The molecule has 1 aromatic carbocycles. The number of esters is 1. The maximum absolute atomic E-state index is 12.0. The molecule has 0 saturated heterocycles. The predicted molar refractivity (Wildman–Crippen MR) is 84.5 cm³/mol. The Balaban J connectivity index is 2.04. The minimum Gasteiger partial charge on any atom is -0.469 e. The van der Waals surface area contributed by atoms with Gasteiger partial charge in [0.15, 0.2) is 0 Å². The standard InChI is InChI=1S/C16H20N2O2S/c1-11-9-18-15(21-11)12(2)17-10-14(16(19)20-3)13-7-5-4-6-8-13/h4-9,12,14,17H,10H2,1-3H3. The summed E-state index contributed by atoms with van der Waals surface area (Å²) < 4.78 is 4.92. The number of hydrogen-bond donors (Lipinski definition) is 1. The van der Waals surface area contributed by atoms with Crippen molar-refractivity contribution < 1.29 is 9.53 Å². The summed E-state index contributed by atoms with van der Waals surface area (Å²) in [5.41, 5.74) is 0.958. The molecular weight excluding hydrogens is 284 g/mol. The molecule has 2 rings (SSSR count). The Morgan fingerprint density at radius 1 is 1.38 bits per heavy atom. The molecule has 112 valence electrons. The average molecular weight is 304 g/mol. The van der Waals surface area contributed by atoms with Crippen molar-refractivity contribution in [1.29, 1.82) is 0 Å². The molecule has 2 atom stereocenters. The Kier molecular flexibility index (Phi) is 5.47. The van der Waals surface area contributed by atoms with Crippen LogP contribution < -0.4 is 5.32 Å². The van der Waals surface area contributed by atoms with E-state index in [2.05, 4.69) is 17.2 Å². The number of carbonyl (C=O) groups excluding carboxylic acids is 1. The highest BCUT2D eigenvalue weighted by molar-refractivity contribution is 7.11. The monoisotopic (exact) mass is 304 g/mol. The van der Waals surface area contributed by atoms with E-state index in [0.717, 1.165) is 10.6 Å². The highest BCUT2D eigenvalue weighted by Crippen LogP contribution is 2.21. The highest BCUT2D eigenvalue weighted by Gasteiger charge is 2.22. The smallest absolute Gasteiger partial charge is 0.314 e. The zero-order chi connectivity index (χ0) is 15.2. The molecule has 0 radical (unpaired) electrons. The van der Waals surface area contributed by atoms with Crippen LogP contribution in [0.15, 0.2) is 36.5 Å². The van der Waals surface area contributed by atoms with Crippen molar-refractivity contribution in [3.63, 3.8) is 0 Å². The molecule has 0 aliphatic rings. The number of aromatic nitrogens is 1. The first-order valence-corrected chi connectivity index (χ1v) is 7.72. The molecule has 2 aromatic rings. The predicted octanol–water partition coefficient (Wildman–Crippen LogP) is 3.06. The van der Waals surface area contributed by atoms with E-state index in [1.165, 1.54) is 12.0 Å². The molecule has 0 bridgehead atoms. The van der Waals surface area contributed by atoms with E-state index in [0.29, 0.717) is 6.54 Å². The summed E-state index contributed by atoms with van der Waals surface area (Å²) in [4.78, 5) is 17.5. The topological polar surface area (TPSA) is 51.2 Å². The van der Waals surface area contributed by atoms with Gasteiger partial charge in [0.2, 0.25) is 0 Å². The van der Waals surface area contributed by atoms with Gasteiger partial charge in [0.05, 0.1) is 19.1 Å². The number of aryl methyl sites for hydroxylation is 1. The third-order valence-corrected chi connectivity index (χ3v) is 4.42. The third kappa shape index (κ3) is 4.12. The van der Waals surface area contributed by atoms with E-state index in [1.54, 1.807) is 11.3 Å². The fourth-order valence-electron chi connectivity index (χ4n) is 2.12. The van der Waals surface area contributed by atoms with Crippen LogP contribution in [0, 0.1) is 6.92 Å². The lowest BCUT2D eigenvalue weighted by atomic mass is 9.99. The molecule has 1 heterocycles. The number of benzene rings is 1. The minimum atomic E-state index is -0.306. The fraction of sp³-hybridized carbons (Fsp3) is 0.375. The normalized spacial score (nSPS) is 13.7. The summed E-state index contributed by atoms with van der Waals surface area (Å²) in [7, 11) is 1.42. The first-order valence-electron chi connectivity index (χ1n) is 6.90. The number of ether oxygens (including phenoxy) is 1. The van der Waals surface area contributed by atoms with Crippen LogP contribution in [0.25, 0.3) is 0 Å². The summed E-state index contributed by atoms with van der Waals surface area (Å²) in [5.74, 6) is -0.532. The zero-order valence-electron chi connectivity index (χ0n) is 12.5. The molecule has 0 saturated carbocycles. The van der Waals surface area contributed by atoms with E-state index >= 15 is 0 Å². The van der Waals surface area contributed by atoms with E-state index in [9.17, 15) is 4.79 Å². The van der Waals surface area contributed by atoms with Gasteiger partial charge in [-0.25, -0.2) is 4.98 Å². The molecule has 0 fully saturated rings. The minimum absolute atomic E-state index is 0.111. The maximum atomic E-state index is 12.0. The number of thiazole rings is 1. The van der Waals surface area contributed by atoms with Crippen LogP contribution in [0.5, 0.6) is 0 Å². The van der Waals surface area contributed by atoms with Gasteiger partial charge < -0.3 is 10.1 Å². The van der Waals surface area contributed by atoms with E-state index in [1.807, 2.05) is 43.5 Å². The van der Waals surface area contributed by atoms with Gasteiger partial charge in [-0.15, -0.1) is 11.3 Å². The van der Waals surface area contributed by atoms with Crippen molar-refractivity contribution in [2.45, 2.75) is 25.8 Å². The van der Waals surface area contributed by atoms with E-state index < -0.39 is 0 Å². The molecular formula is C16H20N2O2S. The quantitative estimate of drug-likeness (QED) is 0.833. The lowest BCUT2D eigenvalue weighted by molar-refractivity contribution is -0.142. The van der Waals surface area contributed by atoms with Gasteiger partial charge in [-0.2, -0.15) is 0 Å². The Morgan fingerprint density at radius 2 is 2.10 bits per heavy atom. The van der Waals surface area contributed by atoms with E-state index in [4.69, 9.17) is 4.74 Å². The Morgan fingerprint density at radius 3 is 2.67 bits per heavy atom. The van der Waals surface area contributed by atoms with Crippen LogP contribution in [0.2, 0.25) is 0 Å². The second-order valence-corrected chi connectivity index (χ2v) is 6.19. The molecule has 0 aliphatic heterocycles. The van der Waals surface area contributed by atoms with Crippen LogP contribution >= 0.6 is 11.3 Å². The molecule has 0 amide bonds. The molecule has 1 aromatic heterocycles. The first kappa shape index (κ1) is 15.7. The Bertz CT molecular complexity index is 583. The molecule has 21 heavy (non-hydrogen) atoms. The van der Waals surface area contributed by atoms with Gasteiger partial charge in [0, 0.05) is 17.6 Å². The lowest BCUT2D eigenvalue weighted by Gasteiger charge is -2.18. The summed E-state index contributed by atoms with van der Waals surface area (Å²) in [5, 5.41) is 4.40. The van der Waals surface area contributed by atoms with Crippen LogP contribution in [0.4, 0.5) is 0 Å². The number of methoxy groups -OCH3 is 1. The SMILES string of the molecule is COC(=O)C(CNC(C)c1ncc(C)s1)c1ccccc1. The largest absolute Gasteiger partial charge is 0.469 e. The van der Waals surface area contributed by atoms with Crippen molar-refractivity contribution in [3.05, 3.63) is 52.0 Å². The van der Waals surface area contributed by atoms with E-state index in [-0.39, 0.29) is 17.9 Å². The van der Waals surface area contributed by atoms with Gasteiger partial charge >= 0.3 is 5.97 Å². The molecule has 0 spiro atoms. The lowest BCUT2D eigenvalue weighted by Crippen LogP contribution is -2.29. The molecule has 5 heteroatoms. The van der Waals surface area contributed by atoms with Crippen LogP contribution in [0.1, 0.15) is 34.3 Å². The number of rotatable bonds is 6. The Hall–Kier alpha value is -1.72. The van der Waals surface area contributed by atoms with Gasteiger partial charge in [-0.1, -0.05) is 30.3 Å². The van der Waals surface area contributed by atoms with Crippen LogP contribution in [0.3, 0.4) is 0 Å². The molecule has 0 aliphatic carbocycles. The fourth-order valence-corrected chi connectivity index (χ4v) is 2.92. The van der Waals surface area contributed by atoms with Gasteiger partial charge in [-0.3, -0.25) is 4.79 Å². The van der Waals surface area contributed by atoms with Gasteiger partial charge in [0.1, 0.15) is 5.01 Å². The van der Waals surface area contributed by atoms with Crippen molar-refractivity contribution in [2.75, 3.05) is 13.7 Å². The molecule has 4 nitrogen and oxygen atoms in total. The second-order valence-electron chi connectivity index (χ2n) is 4.93.